The molecule has 7 nitrogen and oxygen atoms in total. The molecule has 0 heterocycles. The van der Waals surface area contributed by atoms with E-state index in [0.29, 0.717) is 12.3 Å². The van der Waals surface area contributed by atoms with E-state index >= 15 is 0 Å². The number of halogens is 1. The number of carbonyl (C=O) groups excluding carboxylic acids is 2. The molecule has 0 spiro atoms. The Bertz CT molecular complexity index is 1150. The second-order valence-corrected chi connectivity index (χ2v) is 7.17. The third-order valence-corrected chi connectivity index (χ3v) is 5.05. The molecule has 0 bridgehead atoms. The van der Waals surface area contributed by atoms with Crippen molar-refractivity contribution < 1.29 is 19.4 Å². The van der Waals surface area contributed by atoms with Crippen molar-refractivity contribution in [1.29, 1.82) is 0 Å². The lowest BCUT2D eigenvalue weighted by atomic mass is 10.0. The molecule has 0 radical (unpaired) electrons. The van der Waals surface area contributed by atoms with Gasteiger partial charge in [0.25, 0.3) is 11.8 Å². The summed E-state index contributed by atoms with van der Waals surface area (Å²) in [5.41, 5.74) is 3.48. The monoisotopic (exact) mass is 439 g/mol. The van der Waals surface area contributed by atoms with Gasteiger partial charge >= 0.3 is 0 Å². The molecule has 0 aliphatic carbocycles. The Labute approximate surface area is 184 Å². The quantitative estimate of drug-likeness (QED) is 0.432. The molecule has 8 heteroatoms. The predicted molar refractivity (Wildman–Crippen MR) is 121 cm³/mol. The average molecular weight is 440 g/mol. The Morgan fingerprint density at radius 1 is 1.16 bits per heavy atom. The van der Waals surface area contributed by atoms with Gasteiger partial charge in [-0.05, 0) is 42.6 Å². The van der Waals surface area contributed by atoms with E-state index < -0.39 is 5.91 Å². The summed E-state index contributed by atoms with van der Waals surface area (Å²) in [5, 5.41) is 15.3. The van der Waals surface area contributed by atoms with Gasteiger partial charge in [0, 0.05) is 30.1 Å². The first kappa shape index (κ1) is 22.1. The second kappa shape index (κ2) is 9.95. The molecule has 0 aromatic heterocycles. The van der Waals surface area contributed by atoms with E-state index in [1.807, 2.05) is 31.2 Å². The maximum Gasteiger partial charge on any atom is 0.271 e. The number of aromatic hydroxyl groups is 1. The van der Waals surface area contributed by atoms with Crippen molar-refractivity contribution in [1.82, 2.24) is 10.3 Å². The van der Waals surface area contributed by atoms with Gasteiger partial charge < -0.3 is 14.7 Å². The Balaban J connectivity index is 1.76. The molecule has 0 saturated heterocycles. The molecular weight excluding hydrogens is 418 g/mol. The molecule has 3 rings (SSSR count). The van der Waals surface area contributed by atoms with E-state index in [9.17, 15) is 14.7 Å². The lowest BCUT2D eigenvalue weighted by molar-refractivity contribution is -0.131. The Morgan fingerprint density at radius 3 is 2.61 bits per heavy atom. The van der Waals surface area contributed by atoms with Gasteiger partial charge in [-0.25, -0.2) is 5.43 Å². The zero-order valence-corrected chi connectivity index (χ0v) is 17.9. The second-order valence-electron chi connectivity index (χ2n) is 6.76. The minimum atomic E-state index is -0.457. The van der Waals surface area contributed by atoms with Gasteiger partial charge in [0.1, 0.15) is 11.5 Å². The lowest BCUT2D eigenvalue weighted by Gasteiger charge is -2.16. The van der Waals surface area contributed by atoms with Crippen LogP contribution in [0.15, 0.2) is 59.7 Å². The number of amides is 2. The summed E-state index contributed by atoms with van der Waals surface area (Å²) in [6.07, 6.45) is 1.53. The third kappa shape index (κ3) is 5.32. The van der Waals surface area contributed by atoms with Crippen LogP contribution >= 0.6 is 11.6 Å². The van der Waals surface area contributed by atoms with Crippen LogP contribution in [0.3, 0.4) is 0 Å². The molecule has 0 fully saturated rings. The number of hydrogen-bond acceptors (Lipinski definition) is 5. The van der Waals surface area contributed by atoms with Crippen LogP contribution in [-0.2, 0) is 4.79 Å². The van der Waals surface area contributed by atoms with Crippen molar-refractivity contribution in [3.05, 3.63) is 70.7 Å². The number of likely N-dealkylation sites (N-methyl/N-ethyl adjacent to an activating group) is 1. The minimum Gasteiger partial charge on any atom is -0.506 e. The van der Waals surface area contributed by atoms with Gasteiger partial charge in [-0.3, -0.25) is 9.59 Å². The predicted octanol–water partition coefficient (Wildman–Crippen LogP) is 3.82. The number of fused-ring (bicyclic) bond motifs is 1. The van der Waals surface area contributed by atoms with Gasteiger partial charge in [-0.15, -0.1) is 0 Å². The number of hydrazone groups is 1. The highest BCUT2D eigenvalue weighted by Crippen LogP contribution is 2.28. The smallest absolute Gasteiger partial charge is 0.271 e. The number of ether oxygens (including phenoxy) is 1. The number of phenolic OH excluding ortho intramolecular Hbond substituents is 1. The van der Waals surface area contributed by atoms with Crippen LogP contribution in [0.4, 0.5) is 0 Å². The van der Waals surface area contributed by atoms with Crippen molar-refractivity contribution in [3.63, 3.8) is 0 Å². The van der Waals surface area contributed by atoms with E-state index in [-0.39, 0.29) is 28.8 Å². The third-order valence-electron chi connectivity index (χ3n) is 4.75. The van der Waals surface area contributed by atoms with Crippen LogP contribution < -0.4 is 10.2 Å². The average Bonchev–Trinajstić information content (AvgIpc) is 2.79. The summed E-state index contributed by atoms with van der Waals surface area (Å²) in [5.74, 6) is -0.0675. The summed E-state index contributed by atoms with van der Waals surface area (Å²) in [4.78, 5) is 25.8. The van der Waals surface area contributed by atoms with Crippen LogP contribution in [0.2, 0.25) is 5.02 Å². The Morgan fingerprint density at radius 2 is 1.90 bits per heavy atom. The zero-order chi connectivity index (χ0) is 22.4. The largest absolute Gasteiger partial charge is 0.506 e. The molecule has 3 aromatic rings. The van der Waals surface area contributed by atoms with Crippen LogP contribution in [0.5, 0.6) is 11.5 Å². The highest BCUT2D eigenvalue weighted by Gasteiger charge is 2.11. The van der Waals surface area contributed by atoms with Gasteiger partial charge in [-0.1, -0.05) is 35.9 Å². The van der Waals surface area contributed by atoms with Gasteiger partial charge in [-0.2, -0.15) is 5.10 Å². The van der Waals surface area contributed by atoms with Crippen LogP contribution in [0.1, 0.15) is 22.8 Å². The van der Waals surface area contributed by atoms with Crippen molar-refractivity contribution in [2.75, 3.05) is 20.2 Å². The number of rotatable bonds is 7. The number of benzene rings is 3. The van der Waals surface area contributed by atoms with Gasteiger partial charge in [0.15, 0.2) is 6.61 Å². The molecule has 2 N–H and O–H groups in total. The van der Waals surface area contributed by atoms with Gasteiger partial charge in [0.2, 0.25) is 0 Å². The van der Waals surface area contributed by atoms with E-state index in [0.717, 1.165) is 16.3 Å². The van der Waals surface area contributed by atoms with E-state index in [2.05, 4.69) is 10.5 Å². The summed E-state index contributed by atoms with van der Waals surface area (Å²) in [7, 11) is 1.73. The summed E-state index contributed by atoms with van der Waals surface area (Å²) < 4.78 is 5.74. The molecular formula is C23H22ClN3O4. The highest BCUT2D eigenvalue weighted by atomic mass is 35.5. The molecule has 31 heavy (non-hydrogen) atoms. The number of nitrogens with zero attached hydrogens (tertiary/aromatic N) is 2. The van der Waals surface area contributed by atoms with E-state index in [4.69, 9.17) is 16.3 Å². The maximum absolute atomic E-state index is 12.2. The maximum atomic E-state index is 12.2. The fourth-order valence-electron chi connectivity index (χ4n) is 2.83. The number of hydrogen-bond donors (Lipinski definition) is 2. The fraction of sp³-hybridized carbons (Fsp3) is 0.174. The Kier molecular flexibility index (Phi) is 7.10. The fourth-order valence-corrected chi connectivity index (χ4v) is 3.01. The molecule has 160 valence electrons. The molecule has 2 amide bonds. The Hall–Kier alpha value is -3.58. The summed E-state index contributed by atoms with van der Waals surface area (Å²) >= 11 is 5.83. The first-order chi connectivity index (χ1) is 14.9. The normalized spacial score (nSPS) is 10.9. The van der Waals surface area contributed by atoms with E-state index in [1.165, 1.54) is 24.4 Å². The summed E-state index contributed by atoms with van der Waals surface area (Å²) in [6.45, 7) is 2.46. The first-order valence-corrected chi connectivity index (χ1v) is 9.99. The number of phenols is 1. The standard InChI is InChI=1S/C23H22ClN3O4/c1-3-27(2)22(29)14-31-21-11-9-16(17-6-4-5-7-18(17)21)13-25-26-23(30)15-8-10-20(28)19(24)12-15/h4-13,28H,3,14H2,1-2H3,(H,26,30)/b25-13+. The van der Waals surface area contributed by atoms with Gasteiger partial charge in [0.05, 0.1) is 11.2 Å². The topological polar surface area (TPSA) is 91.2 Å². The molecule has 3 aromatic carbocycles. The molecule has 0 aliphatic heterocycles. The van der Waals surface area contributed by atoms with Crippen molar-refractivity contribution in [2.45, 2.75) is 6.92 Å². The van der Waals surface area contributed by atoms with Crippen LogP contribution in [0.25, 0.3) is 10.8 Å². The molecule has 0 unspecified atom stereocenters. The van der Waals surface area contributed by atoms with Crippen molar-refractivity contribution in [3.8, 4) is 11.5 Å². The molecule has 0 aliphatic rings. The number of carbonyl (C=O) groups is 2. The van der Waals surface area contributed by atoms with E-state index in [1.54, 1.807) is 24.1 Å². The molecule has 0 saturated carbocycles. The van der Waals surface area contributed by atoms with Crippen LogP contribution in [0, 0.1) is 0 Å². The van der Waals surface area contributed by atoms with Crippen LogP contribution in [-0.4, -0.2) is 48.2 Å². The highest BCUT2D eigenvalue weighted by molar-refractivity contribution is 6.32. The minimum absolute atomic E-state index is 0.0486. The first-order valence-electron chi connectivity index (χ1n) is 9.61. The SMILES string of the molecule is CCN(C)C(=O)COc1ccc(/C=N/NC(=O)c2ccc(O)c(Cl)c2)c2ccccc12. The number of nitrogens with one attached hydrogen (secondary N) is 1. The van der Waals surface area contributed by atoms with Crippen molar-refractivity contribution in [2.24, 2.45) is 5.10 Å². The lowest BCUT2D eigenvalue weighted by Crippen LogP contribution is -2.31. The summed E-state index contributed by atoms with van der Waals surface area (Å²) in [6, 6.07) is 15.3. The zero-order valence-electron chi connectivity index (χ0n) is 17.1. The van der Waals surface area contributed by atoms with Crippen molar-refractivity contribution >= 4 is 40.4 Å². The molecule has 0 atom stereocenters.